The van der Waals surface area contributed by atoms with Crippen LogP contribution in [0.5, 0.6) is 0 Å². The number of primary sulfonamides is 1. The van der Waals surface area contributed by atoms with Crippen LogP contribution in [0.3, 0.4) is 0 Å². The lowest BCUT2D eigenvalue weighted by Gasteiger charge is -2.06. The van der Waals surface area contributed by atoms with Gasteiger partial charge in [0, 0.05) is 5.69 Å². The summed E-state index contributed by atoms with van der Waals surface area (Å²) in [5.41, 5.74) is 5.69. The van der Waals surface area contributed by atoms with Gasteiger partial charge in [-0.2, -0.15) is 0 Å². The lowest BCUT2D eigenvalue weighted by Crippen LogP contribution is -2.20. The van der Waals surface area contributed by atoms with Crippen molar-refractivity contribution in [2.45, 2.75) is 11.8 Å². The second-order valence-electron chi connectivity index (χ2n) is 3.01. The lowest BCUT2D eigenvalue weighted by molar-refractivity contribution is 0.259. The van der Waals surface area contributed by atoms with Crippen molar-refractivity contribution in [3.05, 3.63) is 23.8 Å². The standard InChI is InChI=1S/C8H11N3O3S/c1-5-2-3-6(11-8(9)12)4-7(5)15(10,13)14/h2-4H,1H3,(H3,9,11,12)(H2,10,13,14). The minimum atomic E-state index is -3.78. The molecule has 82 valence electrons. The minimum absolute atomic E-state index is 0.0336. The van der Waals surface area contributed by atoms with Crippen LogP contribution < -0.4 is 16.2 Å². The third kappa shape index (κ3) is 2.93. The number of aryl methyl sites for hydroxylation is 1. The van der Waals surface area contributed by atoms with E-state index < -0.39 is 16.1 Å². The van der Waals surface area contributed by atoms with Crippen molar-refractivity contribution in [2.75, 3.05) is 5.32 Å². The number of hydrogen-bond donors (Lipinski definition) is 3. The smallest absolute Gasteiger partial charge is 0.316 e. The molecule has 0 aliphatic carbocycles. The zero-order valence-electron chi connectivity index (χ0n) is 8.02. The number of benzene rings is 1. The molecule has 0 atom stereocenters. The highest BCUT2D eigenvalue weighted by atomic mass is 32.2. The number of rotatable bonds is 2. The highest BCUT2D eigenvalue weighted by Crippen LogP contribution is 2.18. The highest BCUT2D eigenvalue weighted by Gasteiger charge is 2.12. The number of carbonyl (C=O) groups excluding carboxylic acids is 1. The summed E-state index contributed by atoms with van der Waals surface area (Å²) in [6, 6.07) is 3.56. The van der Waals surface area contributed by atoms with Gasteiger partial charge in [0.1, 0.15) is 0 Å². The molecule has 0 saturated heterocycles. The van der Waals surface area contributed by atoms with Crippen LogP contribution in [0, 0.1) is 6.92 Å². The van der Waals surface area contributed by atoms with E-state index in [0.29, 0.717) is 5.56 Å². The van der Waals surface area contributed by atoms with Crippen molar-refractivity contribution in [3.8, 4) is 0 Å². The van der Waals surface area contributed by atoms with Gasteiger partial charge in [-0.1, -0.05) is 6.07 Å². The Kier molecular flexibility index (Phi) is 2.96. The van der Waals surface area contributed by atoms with Crippen LogP contribution in [0.4, 0.5) is 10.5 Å². The van der Waals surface area contributed by atoms with Crippen LogP contribution in [0.25, 0.3) is 0 Å². The van der Waals surface area contributed by atoms with Gasteiger partial charge in [0.2, 0.25) is 10.0 Å². The second kappa shape index (κ2) is 3.87. The SMILES string of the molecule is Cc1ccc(NC(N)=O)cc1S(N)(=O)=O. The molecule has 0 radical (unpaired) electrons. The molecule has 2 amide bonds. The molecule has 0 unspecified atom stereocenters. The molecule has 1 rings (SSSR count). The molecule has 7 heteroatoms. The number of carbonyl (C=O) groups is 1. The molecule has 6 nitrogen and oxygen atoms in total. The van der Waals surface area contributed by atoms with E-state index in [9.17, 15) is 13.2 Å². The highest BCUT2D eigenvalue weighted by molar-refractivity contribution is 7.89. The number of urea groups is 1. The van der Waals surface area contributed by atoms with Crippen molar-refractivity contribution in [1.82, 2.24) is 0 Å². The summed E-state index contributed by atoms with van der Waals surface area (Å²) >= 11 is 0. The van der Waals surface area contributed by atoms with Crippen LogP contribution in [0.1, 0.15) is 5.56 Å². The Labute approximate surface area is 87.3 Å². The molecule has 0 aliphatic heterocycles. The van der Waals surface area contributed by atoms with E-state index in [0.717, 1.165) is 0 Å². The van der Waals surface area contributed by atoms with Crippen molar-refractivity contribution >= 4 is 21.7 Å². The maximum atomic E-state index is 11.1. The van der Waals surface area contributed by atoms with Crippen LogP contribution in [-0.2, 0) is 10.0 Å². The summed E-state index contributed by atoms with van der Waals surface area (Å²) in [5.74, 6) is 0. The number of nitrogens with two attached hydrogens (primary N) is 2. The quantitative estimate of drug-likeness (QED) is 0.669. The van der Waals surface area contributed by atoms with E-state index in [-0.39, 0.29) is 10.6 Å². The molecule has 0 saturated carbocycles. The number of nitrogens with one attached hydrogen (secondary N) is 1. The first-order valence-corrected chi connectivity index (χ1v) is 5.55. The molecule has 0 heterocycles. The maximum Gasteiger partial charge on any atom is 0.316 e. The third-order valence-electron chi connectivity index (χ3n) is 1.76. The monoisotopic (exact) mass is 229 g/mol. The fourth-order valence-corrected chi connectivity index (χ4v) is 1.93. The fourth-order valence-electron chi connectivity index (χ4n) is 1.13. The molecule has 0 aromatic heterocycles. The summed E-state index contributed by atoms with van der Waals surface area (Å²) in [5, 5.41) is 7.25. The summed E-state index contributed by atoms with van der Waals surface area (Å²) in [6.07, 6.45) is 0. The first-order chi connectivity index (χ1) is 6.80. The normalized spacial score (nSPS) is 11.1. The fraction of sp³-hybridized carbons (Fsp3) is 0.125. The molecule has 5 N–H and O–H groups in total. The van der Waals surface area contributed by atoms with Gasteiger partial charge < -0.3 is 11.1 Å². The predicted octanol–water partition coefficient (Wildman–Crippen LogP) is 0.133. The number of primary amides is 1. The van der Waals surface area contributed by atoms with Crippen molar-refractivity contribution < 1.29 is 13.2 Å². The number of amides is 2. The average Bonchev–Trinajstić information content (AvgIpc) is 2.05. The Bertz CT molecular complexity index is 496. The minimum Gasteiger partial charge on any atom is -0.351 e. The van der Waals surface area contributed by atoms with E-state index >= 15 is 0 Å². The molecular formula is C8H11N3O3S. The van der Waals surface area contributed by atoms with E-state index in [1.807, 2.05) is 0 Å². The topological polar surface area (TPSA) is 115 Å². The average molecular weight is 229 g/mol. The Morgan fingerprint density at radius 2 is 2.00 bits per heavy atom. The largest absolute Gasteiger partial charge is 0.351 e. The molecule has 15 heavy (non-hydrogen) atoms. The molecule has 0 aliphatic rings. The molecule has 1 aromatic carbocycles. The van der Waals surface area contributed by atoms with Crippen molar-refractivity contribution in [2.24, 2.45) is 10.9 Å². The lowest BCUT2D eigenvalue weighted by atomic mass is 10.2. The first-order valence-electron chi connectivity index (χ1n) is 4.00. The zero-order chi connectivity index (χ0) is 11.6. The van der Waals surface area contributed by atoms with Crippen LogP contribution >= 0.6 is 0 Å². The Balaban J connectivity index is 3.23. The van der Waals surface area contributed by atoms with E-state index in [2.05, 4.69) is 5.32 Å². The molecule has 0 bridgehead atoms. The van der Waals surface area contributed by atoms with Crippen molar-refractivity contribution in [1.29, 1.82) is 0 Å². The van der Waals surface area contributed by atoms with Gasteiger partial charge in [0.15, 0.2) is 0 Å². The van der Waals surface area contributed by atoms with Gasteiger partial charge >= 0.3 is 6.03 Å². The van der Waals surface area contributed by atoms with Gasteiger partial charge in [-0.3, -0.25) is 0 Å². The Hall–Kier alpha value is -1.60. The second-order valence-corrected chi connectivity index (χ2v) is 4.54. The van der Waals surface area contributed by atoms with Gasteiger partial charge in [0.25, 0.3) is 0 Å². The summed E-state index contributed by atoms with van der Waals surface area (Å²) in [7, 11) is -3.78. The zero-order valence-corrected chi connectivity index (χ0v) is 8.84. The summed E-state index contributed by atoms with van der Waals surface area (Å²) in [6.45, 7) is 1.60. The van der Waals surface area contributed by atoms with Crippen LogP contribution in [-0.4, -0.2) is 14.4 Å². The van der Waals surface area contributed by atoms with Crippen LogP contribution in [0.15, 0.2) is 23.1 Å². The summed E-state index contributed by atoms with van der Waals surface area (Å²) in [4.78, 5) is 10.5. The number of anilines is 1. The van der Waals surface area contributed by atoms with E-state index in [1.54, 1.807) is 6.92 Å². The summed E-state index contributed by atoms with van der Waals surface area (Å²) < 4.78 is 22.3. The molecule has 0 fully saturated rings. The van der Waals surface area contributed by atoms with Gasteiger partial charge in [0.05, 0.1) is 4.90 Å². The van der Waals surface area contributed by atoms with Crippen molar-refractivity contribution in [3.63, 3.8) is 0 Å². The maximum absolute atomic E-state index is 11.1. The van der Waals surface area contributed by atoms with E-state index in [1.165, 1.54) is 18.2 Å². The number of sulfonamides is 1. The van der Waals surface area contributed by atoms with Gasteiger partial charge in [-0.25, -0.2) is 18.4 Å². The molecule has 0 spiro atoms. The predicted molar refractivity (Wildman–Crippen MR) is 55.8 cm³/mol. The molecular weight excluding hydrogens is 218 g/mol. The van der Waals surface area contributed by atoms with Crippen LogP contribution in [0.2, 0.25) is 0 Å². The first kappa shape index (κ1) is 11.5. The third-order valence-corrected chi connectivity index (χ3v) is 2.82. The Morgan fingerprint density at radius 1 is 1.40 bits per heavy atom. The van der Waals surface area contributed by atoms with E-state index in [4.69, 9.17) is 10.9 Å². The Morgan fingerprint density at radius 3 is 2.47 bits per heavy atom. The number of hydrogen-bond acceptors (Lipinski definition) is 3. The van der Waals surface area contributed by atoms with Gasteiger partial charge in [-0.15, -0.1) is 0 Å². The van der Waals surface area contributed by atoms with Gasteiger partial charge in [-0.05, 0) is 24.6 Å². The molecule has 1 aromatic rings.